The topological polar surface area (TPSA) is 81.4 Å². The summed E-state index contributed by atoms with van der Waals surface area (Å²) in [5.41, 5.74) is 4.98. The Hall–Kier alpha value is -1.10. The predicted octanol–water partition coefficient (Wildman–Crippen LogP) is 0.0407. The molecule has 15 heavy (non-hydrogen) atoms. The molecule has 0 aromatic heterocycles. The SMILES string of the molecule is CCOC(=O)C(C)CNCCCC(N)=O. The Kier molecular flexibility index (Phi) is 7.62. The summed E-state index contributed by atoms with van der Waals surface area (Å²) in [5.74, 6) is -0.645. The fourth-order valence-corrected chi connectivity index (χ4v) is 1.07. The summed E-state index contributed by atoms with van der Waals surface area (Å²) >= 11 is 0. The number of nitrogens with two attached hydrogens (primary N) is 1. The highest BCUT2D eigenvalue weighted by atomic mass is 16.5. The lowest BCUT2D eigenvalue weighted by Gasteiger charge is -2.10. The number of primary amides is 1. The average molecular weight is 216 g/mol. The van der Waals surface area contributed by atoms with Crippen molar-refractivity contribution in [1.29, 1.82) is 0 Å². The molecule has 1 unspecified atom stereocenters. The van der Waals surface area contributed by atoms with Gasteiger partial charge in [0.1, 0.15) is 0 Å². The van der Waals surface area contributed by atoms with Gasteiger partial charge in [0.2, 0.25) is 5.91 Å². The van der Waals surface area contributed by atoms with E-state index in [2.05, 4.69) is 5.32 Å². The van der Waals surface area contributed by atoms with E-state index >= 15 is 0 Å². The van der Waals surface area contributed by atoms with Crippen molar-refractivity contribution in [2.75, 3.05) is 19.7 Å². The Morgan fingerprint density at radius 2 is 2.13 bits per heavy atom. The summed E-state index contributed by atoms with van der Waals surface area (Å²) in [7, 11) is 0. The molecule has 1 amide bonds. The molecule has 0 saturated heterocycles. The fraction of sp³-hybridized carbons (Fsp3) is 0.800. The largest absolute Gasteiger partial charge is 0.466 e. The van der Waals surface area contributed by atoms with Crippen LogP contribution in [-0.4, -0.2) is 31.6 Å². The normalized spacial score (nSPS) is 12.1. The van der Waals surface area contributed by atoms with Crippen molar-refractivity contribution in [3.8, 4) is 0 Å². The molecule has 5 nitrogen and oxygen atoms in total. The third kappa shape index (κ3) is 7.93. The van der Waals surface area contributed by atoms with E-state index in [9.17, 15) is 9.59 Å². The summed E-state index contributed by atoms with van der Waals surface area (Å²) in [6.07, 6.45) is 1.08. The van der Waals surface area contributed by atoms with Crippen molar-refractivity contribution >= 4 is 11.9 Å². The number of nitrogens with one attached hydrogen (secondary N) is 1. The monoisotopic (exact) mass is 216 g/mol. The molecule has 0 radical (unpaired) electrons. The molecule has 1 atom stereocenters. The highest BCUT2D eigenvalue weighted by Crippen LogP contribution is 1.96. The third-order valence-electron chi connectivity index (χ3n) is 1.92. The molecular formula is C10H20N2O3. The quantitative estimate of drug-likeness (QED) is 0.443. The zero-order valence-corrected chi connectivity index (χ0v) is 9.41. The Labute approximate surface area is 90.4 Å². The van der Waals surface area contributed by atoms with Gasteiger partial charge in [-0.3, -0.25) is 9.59 Å². The van der Waals surface area contributed by atoms with E-state index in [0.29, 0.717) is 32.5 Å². The number of esters is 1. The van der Waals surface area contributed by atoms with Crippen LogP contribution in [0.4, 0.5) is 0 Å². The number of rotatable bonds is 8. The maximum atomic E-state index is 11.2. The van der Waals surface area contributed by atoms with Crippen LogP contribution in [-0.2, 0) is 14.3 Å². The molecule has 5 heteroatoms. The Morgan fingerprint density at radius 3 is 2.67 bits per heavy atom. The molecule has 0 saturated carbocycles. The number of hydrogen-bond acceptors (Lipinski definition) is 4. The predicted molar refractivity (Wildman–Crippen MR) is 57.1 cm³/mol. The first-order valence-electron chi connectivity index (χ1n) is 5.23. The maximum absolute atomic E-state index is 11.2. The second-order valence-electron chi connectivity index (χ2n) is 3.43. The van der Waals surface area contributed by atoms with Crippen LogP contribution in [0.15, 0.2) is 0 Å². The van der Waals surface area contributed by atoms with Crippen LogP contribution in [0.25, 0.3) is 0 Å². The van der Waals surface area contributed by atoms with Gasteiger partial charge in [-0.1, -0.05) is 6.92 Å². The van der Waals surface area contributed by atoms with Crippen LogP contribution in [0.5, 0.6) is 0 Å². The Bertz CT molecular complexity index is 207. The van der Waals surface area contributed by atoms with Gasteiger partial charge in [0, 0.05) is 13.0 Å². The third-order valence-corrected chi connectivity index (χ3v) is 1.92. The minimum atomic E-state index is -0.296. The molecule has 88 valence electrons. The number of amides is 1. The van der Waals surface area contributed by atoms with E-state index in [-0.39, 0.29) is 17.8 Å². The standard InChI is InChI=1S/C10H20N2O3/c1-3-15-10(14)8(2)7-12-6-4-5-9(11)13/h8,12H,3-7H2,1-2H3,(H2,11,13). The highest BCUT2D eigenvalue weighted by molar-refractivity contribution is 5.73. The molecule has 0 bridgehead atoms. The minimum absolute atomic E-state index is 0.154. The molecule has 0 aliphatic heterocycles. The summed E-state index contributed by atoms with van der Waals surface area (Å²) in [6, 6.07) is 0. The van der Waals surface area contributed by atoms with Crippen LogP contribution in [0.2, 0.25) is 0 Å². The van der Waals surface area contributed by atoms with E-state index in [0.717, 1.165) is 0 Å². The first kappa shape index (κ1) is 13.9. The number of carbonyl (C=O) groups excluding carboxylic acids is 2. The van der Waals surface area contributed by atoms with Crippen molar-refractivity contribution in [1.82, 2.24) is 5.32 Å². The van der Waals surface area contributed by atoms with E-state index < -0.39 is 0 Å². The van der Waals surface area contributed by atoms with E-state index in [1.54, 1.807) is 13.8 Å². The van der Waals surface area contributed by atoms with Gasteiger partial charge in [-0.15, -0.1) is 0 Å². The number of ether oxygens (including phenoxy) is 1. The lowest BCUT2D eigenvalue weighted by molar-refractivity contribution is -0.147. The second kappa shape index (κ2) is 8.23. The molecule has 0 fully saturated rings. The van der Waals surface area contributed by atoms with Gasteiger partial charge < -0.3 is 15.8 Å². The highest BCUT2D eigenvalue weighted by Gasteiger charge is 2.12. The van der Waals surface area contributed by atoms with E-state index in [1.807, 2.05) is 0 Å². The summed E-state index contributed by atoms with van der Waals surface area (Å²) in [5, 5.41) is 3.07. The maximum Gasteiger partial charge on any atom is 0.309 e. The average Bonchev–Trinajstić information content (AvgIpc) is 2.16. The first-order chi connectivity index (χ1) is 7.07. The summed E-state index contributed by atoms with van der Waals surface area (Å²) in [6.45, 7) is 5.25. The summed E-state index contributed by atoms with van der Waals surface area (Å²) in [4.78, 5) is 21.6. The van der Waals surface area contributed by atoms with Crippen LogP contribution in [0, 0.1) is 5.92 Å². The smallest absolute Gasteiger partial charge is 0.309 e. The molecule has 0 aliphatic carbocycles. The molecule has 0 aliphatic rings. The van der Waals surface area contributed by atoms with E-state index in [4.69, 9.17) is 10.5 Å². The number of carbonyl (C=O) groups is 2. The van der Waals surface area contributed by atoms with Gasteiger partial charge >= 0.3 is 5.97 Å². The van der Waals surface area contributed by atoms with Crippen LogP contribution >= 0.6 is 0 Å². The van der Waals surface area contributed by atoms with Gasteiger partial charge in [0.15, 0.2) is 0 Å². The van der Waals surface area contributed by atoms with Gasteiger partial charge in [0.25, 0.3) is 0 Å². The number of hydrogen-bond donors (Lipinski definition) is 2. The fourth-order valence-electron chi connectivity index (χ4n) is 1.07. The molecule has 0 spiro atoms. The van der Waals surface area contributed by atoms with Crippen molar-refractivity contribution in [2.45, 2.75) is 26.7 Å². The van der Waals surface area contributed by atoms with Crippen LogP contribution in [0.3, 0.4) is 0 Å². The van der Waals surface area contributed by atoms with E-state index in [1.165, 1.54) is 0 Å². The van der Waals surface area contributed by atoms with Crippen molar-refractivity contribution < 1.29 is 14.3 Å². The van der Waals surface area contributed by atoms with Crippen molar-refractivity contribution in [3.63, 3.8) is 0 Å². The Morgan fingerprint density at radius 1 is 1.47 bits per heavy atom. The van der Waals surface area contributed by atoms with Crippen LogP contribution < -0.4 is 11.1 Å². The second-order valence-corrected chi connectivity index (χ2v) is 3.43. The zero-order chi connectivity index (χ0) is 11.7. The van der Waals surface area contributed by atoms with Gasteiger partial charge in [-0.05, 0) is 19.9 Å². The molecule has 0 rings (SSSR count). The molecule has 0 aromatic rings. The van der Waals surface area contributed by atoms with Crippen LogP contribution in [0.1, 0.15) is 26.7 Å². The zero-order valence-electron chi connectivity index (χ0n) is 9.41. The summed E-state index contributed by atoms with van der Waals surface area (Å²) < 4.78 is 4.85. The molecule has 0 heterocycles. The van der Waals surface area contributed by atoms with Gasteiger partial charge in [-0.2, -0.15) is 0 Å². The Balaban J connectivity index is 3.42. The lowest BCUT2D eigenvalue weighted by Crippen LogP contribution is -2.29. The van der Waals surface area contributed by atoms with Crippen molar-refractivity contribution in [3.05, 3.63) is 0 Å². The minimum Gasteiger partial charge on any atom is -0.466 e. The van der Waals surface area contributed by atoms with Crippen molar-refractivity contribution in [2.24, 2.45) is 11.7 Å². The van der Waals surface area contributed by atoms with Gasteiger partial charge in [-0.25, -0.2) is 0 Å². The molecule has 0 aromatic carbocycles. The molecular weight excluding hydrogens is 196 g/mol. The van der Waals surface area contributed by atoms with Gasteiger partial charge in [0.05, 0.1) is 12.5 Å². The first-order valence-corrected chi connectivity index (χ1v) is 5.23. The molecule has 3 N–H and O–H groups in total. The lowest BCUT2D eigenvalue weighted by atomic mass is 10.2.